The SMILES string of the molecule is CCNC(=O)c1cn(Cc2ccccc2)cc(C(=O)N[C@H](C)c2ccc(OC)cc2)c1=O. The lowest BCUT2D eigenvalue weighted by molar-refractivity contribution is 0.0938. The van der Waals surface area contributed by atoms with Crippen molar-refractivity contribution in [1.82, 2.24) is 15.2 Å². The highest BCUT2D eigenvalue weighted by Gasteiger charge is 2.20. The van der Waals surface area contributed by atoms with Crippen molar-refractivity contribution in [3.8, 4) is 5.75 Å². The molecule has 1 heterocycles. The van der Waals surface area contributed by atoms with E-state index in [1.165, 1.54) is 12.4 Å². The molecule has 166 valence electrons. The maximum absolute atomic E-state index is 13.0. The van der Waals surface area contributed by atoms with Crippen molar-refractivity contribution in [2.24, 2.45) is 0 Å². The third-order valence-electron chi connectivity index (χ3n) is 5.08. The number of nitrogens with one attached hydrogen (secondary N) is 2. The third-order valence-corrected chi connectivity index (χ3v) is 5.08. The summed E-state index contributed by atoms with van der Waals surface area (Å²) >= 11 is 0. The molecule has 2 amide bonds. The van der Waals surface area contributed by atoms with E-state index in [1.54, 1.807) is 30.7 Å². The molecule has 0 aliphatic heterocycles. The molecule has 0 radical (unpaired) electrons. The van der Waals surface area contributed by atoms with Crippen molar-refractivity contribution >= 4 is 11.8 Å². The zero-order valence-corrected chi connectivity index (χ0v) is 18.4. The van der Waals surface area contributed by atoms with Gasteiger partial charge in [-0.2, -0.15) is 0 Å². The Hall–Kier alpha value is -3.87. The summed E-state index contributed by atoms with van der Waals surface area (Å²) < 4.78 is 6.85. The number of aromatic nitrogens is 1. The van der Waals surface area contributed by atoms with Gasteiger partial charge in [-0.15, -0.1) is 0 Å². The van der Waals surface area contributed by atoms with Gasteiger partial charge in [-0.1, -0.05) is 42.5 Å². The van der Waals surface area contributed by atoms with E-state index in [9.17, 15) is 14.4 Å². The lowest BCUT2D eigenvalue weighted by Crippen LogP contribution is -2.36. The molecule has 0 saturated carbocycles. The molecule has 1 atom stereocenters. The van der Waals surface area contributed by atoms with E-state index in [4.69, 9.17) is 4.74 Å². The first kappa shape index (κ1) is 22.8. The van der Waals surface area contributed by atoms with Gasteiger partial charge in [0.25, 0.3) is 11.8 Å². The molecule has 0 aliphatic rings. The molecule has 32 heavy (non-hydrogen) atoms. The average molecular weight is 434 g/mol. The highest BCUT2D eigenvalue weighted by Crippen LogP contribution is 2.17. The Labute approximate surface area is 187 Å². The summed E-state index contributed by atoms with van der Waals surface area (Å²) in [6.45, 7) is 4.40. The van der Waals surface area contributed by atoms with E-state index in [-0.39, 0.29) is 17.2 Å². The second kappa shape index (κ2) is 10.4. The molecule has 0 bridgehead atoms. The van der Waals surface area contributed by atoms with Gasteiger partial charge in [-0.05, 0) is 37.1 Å². The van der Waals surface area contributed by atoms with E-state index < -0.39 is 17.2 Å². The van der Waals surface area contributed by atoms with Gasteiger partial charge in [0.2, 0.25) is 5.43 Å². The zero-order valence-electron chi connectivity index (χ0n) is 18.4. The first-order valence-corrected chi connectivity index (χ1v) is 10.4. The monoisotopic (exact) mass is 433 g/mol. The van der Waals surface area contributed by atoms with Gasteiger partial charge >= 0.3 is 0 Å². The molecular formula is C25H27N3O4. The number of pyridine rings is 1. The molecule has 7 nitrogen and oxygen atoms in total. The third kappa shape index (κ3) is 5.43. The molecule has 1 aromatic heterocycles. The minimum absolute atomic E-state index is 0.0625. The summed E-state index contributed by atoms with van der Waals surface area (Å²) in [7, 11) is 1.59. The van der Waals surface area contributed by atoms with Crippen molar-refractivity contribution in [2.75, 3.05) is 13.7 Å². The van der Waals surface area contributed by atoms with Crippen LogP contribution in [0.1, 0.15) is 51.7 Å². The van der Waals surface area contributed by atoms with E-state index in [0.717, 1.165) is 11.1 Å². The summed E-state index contributed by atoms with van der Waals surface area (Å²) in [6.07, 6.45) is 2.98. The number of rotatable bonds is 8. The maximum atomic E-state index is 13.0. The van der Waals surface area contributed by atoms with E-state index >= 15 is 0 Å². The van der Waals surface area contributed by atoms with E-state index in [0.29, 0.717) is 18.8 Å². The minimum atomic E-state index is -0.598. The minimum Gasteiger partial charge on any atom is -0.497 e. The van der Waals surface area contributed by atoms with Crippen molar-refractivity contribution in [3.05, 3.63) is 99.5 Å². The molecule has 0 fully saturated rings. The number of carbonyl (C=O) groups is 2. The number of nitrogens with zero attached hydrogens (tertiary/aromatic N) is 1. The van der Waals surface area contributed by atoms with Crippen molar-refractivity contribution in [3.63, 3.8) is 0 Å². The molecule has 0 aliphatic carbocycles. The molecule has 3 aromatic rings. The molecule has 0 unspecified atom stereocenters. The van der Waals surface area contributed by atoms with Crippen LogP contribution in [-0.2, 0) is 6.54 Å². The molecule has 7 heteroatoms. The quantitative estimate of drug-likeness (QED) is 0.571. The standard InChI is InChI=1S/C25H27N3O4/c1-4-26-24(30)21-15-28(14-18-8-6-5-7-9-18)16-22(23(21)29)25(31)27-17(2)19-10-12-20(32-3)13-11-19/h5-13,15-17H,4,14H2,1-3H3,(H,26,30)(H,27,31)/t17-/m1/s1. The fourth-order valence-corrected chi connectivity index (χ4v) is 3.35. The summed E-state index contributed by atoms with van der Waals surface area (Å²) in [4.78, 5) is 38.5. The Morgan fingerprint density at radius 2 is 1.59 bits per heavy atom. The lowest BCUT2D eigenvalue weighted by atomic mass is 10.1. The Morgan fingerprint density at radius 1 is 0.969 bits per heavy atom. The van der Waals surface area contributed by atoms with Crippen LogP contribution in [0.3, 0.4) is 0 Å². The van der Waals surface area contributed by atoms with Crippen LogP contribution >= 0.6 is 0 Å². The smallest absolute Gasteiger partial charge is 0.257 e. The van der Waals surface area contributed by atoms with Crippen LogP contribution < -0.4 is 20.8 Å². The summed E-state index contributed by atoms with van der Waals surface area (Å²) in [5.41, 5.74) is 1.11. The maximum Gasteiger partial charge on any atom is 0.257 e. The molecule has 2 aromatic carbocycles. The first-order chi connectivity index (χ1) is 15.4. The number of hydrogen-bond acceptors (Lipinski definition) is 4. The van der Waals surface area contributed by atoms with E-state index in [1.807, 2.05) is 49.4 Å². The van der Waals surface area contributed by atoms with Crippen LogP contribution in [0, 0.1) is 0 Å². The van der Waals surface area contributed by atoms with Gasteiger partial charge in [-0.25, -0.2) is 0 Å². The Bertz CT molecular complexity index is 1140. The number of methoxy groups -OCH3 is 1. The number of amides is 2. The van der Waals surface area contributed by atoms with Gasteiger partial charge in [0.05, 0.1) is 13.2 Å². The first-order valence-electron chi connectivity index (χ1n) is 10.4. The van der Waals surface area contributed by atoms with Crippen LogP contribution in [0.2, 0.25) is 0 Å². The Balaban J connectivity index is 1.92. The number of hydrogen-bond donors (Lipinski definition) is 2. The summed E-state index contributed by atoms with van der Waals surface area (Å²) in [5.74, 6) is -0.325. The fourth-order valence-electron chi connectivity index (χ4n) is 3.35. The van der Waals surface area contributed by atoms with Crippen LogP contribution in [0.25, 0.3) is 0 Å². The predicted molar refractivity (Wildman–Crippen MR) is 123 cm³/mol. The molecule has 0 saturated heterocycles. The largest absolute Gasteiger partial charge is 0.497 e. The fraction of sp³-hybridized carbons (Fsp3) is 0.240. The average Bonchev–Trinajstić information content (AvgIpc) is 2.80. The van der Waals surface area contributed by atoms with Gasteiger partial charge in [0.1, 0.15) is 16.9 Å². The number of benzene rings is 2. The van der Waals surface area contributed by atoms with E-state index in [2.05, 4.69) is 10.6 Å². The van der Waals surface area contributed by atoms with Crippen LogP contribution in [-0.4, -0.2) is 30.0 Å². The number of carbonyl (C=O) groups excluding carboxylic acids is 2. The highest BCUT2D eigenvalue weighted by molar-refractivity contribution is 5.99. The molecule has 3 rings (SSSR count). The summed E-state index contributed by atoms with van der Waals surface area (Å²) in [6, 6.07) is 16.6. The topological polar surface area (TPSA) is 89.4 Å². The van der Waals surface area contributed by atoms with Crippen molar-refractivity contribution in [2.45, 2.75) is 26.4 Å². The molecule has 0 spiro atoms. The van der Waals surface area contributed by atoms with Crippen molar-refractivity contribution in [1.29, 1.82) is 0 Å². The lowest BCUT2D eigenvalue weighted by Gasteiger charge is -2.16. The van der Waals surface area contributed by atoms with Gasteiger partial charge in [0, 0.05) is 25.5 Å². The summed E-state index contributed by atoms with van der Waals surface area (Å²) in [5, 5.41) is 5.50. The van der Waals surface area contributed by atoms with Crippen LogP contribution in [0.4, 0.5) is 0 Å². The predicted octanol–water partition coefficient (Wildman–Crippen LogP) is 3.15. The zero-order chi connectivity index (χ0) is 23.1. The van der Waals surface area contributed by atoms with Gasteiger partial charge in [0.15, 0.2) is 0 Å². The van der Waals surface area contributed by atoms with Crippen LogP contribution in [0.5, 0.6) is 5.75 Å². The Kier molecular flexibility index (Phi) is 7.44. The van der Waals surface area contributed by atoms with Crippen LogP contribution in [0.15, 0.2) is 71.8 Å². The van der Waals surface area contributed by atoms with Crippen molar-refractivity contribution < 1.29 is 14.3 Å². The normalized spacial score (nSPS) is 11.5. The van der Waals surface area contributed by atoms with Gasteiger partial charge < -0.3 is 19.9 Å². The number of ether oxygens (including phenoxy) is 1. The second-order valence-electron chi connectivity index (χ2n) is 7.40. The highest BCUT2D eigenvalue weighted by atomic mass is 16.5. The Morgan fingerprint density at radius 3 is 2.19 bits per heavy atom. The molecule has 2 N–H and O–H groups in total. The van der Waals surface area contributed by atoms with Gasteiger partial charge in [-0.3, -0.25) is 14.4 Å². The second-order valence-corrected chi connectivity index (χ2v) is 7.40. The molecular weight excluding hydrogens is 406 g/mol.